The summed E-state index contributed by atoms with van der Waals surface area (Å²) in [6, 6.07) is -0.324. The van der Waals surface area contributed by atoms with E-state index in [0.29, 0.717) is 16.6 Å². The Morgan fingerprint density at radius 1 is 1.00 bits per heavy atom. The summed E-state index contributed by atoms with van der Waals surface area (Å²) in [7, 11) is -7.23. The lowest BCUT2D eigenvalue weighted by molar-refractivity contribution is 0.501. The van der Waals surface area contributed by atoms with Crippen LogP contribution in [-0.4, -0.2) is 39.1 Å². The van der Waals surface area contributed by atoms with Crippen LogP contribution in [0.2, 0.25) is 0 Å². The first kappa shape index (κ1) is 9.94. The average molecular weight is 213 g/mol. The molecule has 0 aromatic carbocycles. The SMILES string of the molecule is CS(=O)(=O)N(C1CC1)S(C)(=O)=O. The van der Waals surface area contributed by atoms with Crippen LogP contribution in [0.4, 0.5) is 0 Å². The predicted octanol–water partition coefficient (Wildman–Crippen LogP) is -0.630. The summed E-state index contributed by atoms with van der Waals surface area (Å²) in [6.45, 7) is 0. The Morgan fingerprint density at radius 2 is 1.33 bits per heavy atom. The van der Waals surface area contributed by atoms with Crippen LogP contribution < -0.4 is 0 Å². The molecular weight excluding hydrogens is 202 g/mol. The molecule has 12 heavy (non-hydrogen) atoms. The molecule has 1 aliphatic carbocycles. The molecule has 0 radical (unpaired) electrons. The van der Waals surface area contributed by atoms with Crippen LogP contribution in [0.3, 0.4) is 0 Å². The summed E-state index contributed by atoms with van der Waals surface area (Å²) < 4.78 is 44.6. The van der Waals surface area contributed by atoms with E-state index in [1.54, 1.807) is 0 Å². The Kier molecular flexibility index (Phi) is 2.22. The fourth-order valence-corrected chi connectivity index (χ4v) is 4.55. The van der Waals surface area contributed by atoms with Crippen LogP contribution in [0, 0.1) is 0 Å². The van der Waals surface area contributed by atoms with E-state index in [0.717, 1.165) is 12.5 Å². The molecule has 1 fully saturated rings. The minimum atomic E-state index is -3.61. The molecule has 0 saturated heterocycles. The molecule has 0 aromatic rings. The van der Waals surface area contributed by atoms with E-state index in [2.05, 4.69) is 0 Å². The van der Waals surface area contributed by atoms with Crippen molar-refractivity contribution in [3.63, 3.8) is 0 Å². The van der Waals surface area contributed by atoms with Crippen molar-refractivity contribution in [2.75, 3.05) is 12.5 Å². The van der Waals surface area contributed by atoms with Gasteiger partial charge in [0.1, 0.15) is 0 Å². The molecule has 1 rings (SSSR count). The van der Waals surface area contributed by atoms with Crippen molar-refractivity contribution >= 4 is 20.0 Å². The first-order valence-electron chi connectivity index (χ1n) is 3.42. The first-order valence-corrected chi connectivity index (χ1v) is 7.12. The summed E-state index contributed by atoms with van der Waals surface area (Å²) in [5.41, 5.74) is 0. The summed E-state index contributed by atoms with van der Waals surface area (Å²) in [5.74, 6) is 0. The number of sulfonamides is 2. The van der Waals surface area contributed by atoms with Crippen molar-refractivity contribution in [2.45, 2.75) is 18.9 Å². The lowest BCUT2D eigenvalue weighted by atomic mass is 10.8. The van der Waals surface area contributed by atoms with Crippen molar-refractivity contribution in [3.05, 3.63) is 0 Å². The third kappa shape index (κ3) is 2.18. The molecule has 0 heterocycles. The van der Waals surface area contributed by atoms with Gasteiger partial charge in [0.15, 0.2) is 0 Å². The van der Waals surface area contributed by atoms with Crippen LogP contribution in [0.5, 0.6) is 0 Å². The van der Waals surface area contributed by atoms with Gasteiger partial charge in [-0.1, -0.05) is 3.71 Å². The topological polar surface area (TPSA) is 71.5 Å². The molecule has 72 valence electrons. The van der Waals surface area contributed by atoms with E-state index >= 15 is 0 Å². The van der Waals surface area contributed by atoms with E-state index in [1.807, 2.05) is 0 Å². The second-order valence-electron chi connectivity index (χ2n) is 2.98. The van der Waals surface area contributed by atoms with Gasteiger partial charge in [-0.25, -0.2) is 16.8 Å². The monoisotopic (exact) mass is 213 g/mol. The number of hydrogen-bond donors (Lipinski definition) is 0. The normalized spacial score (nSPS) is 19.9. The number of rotatable bonds is 3. The van der Waals surface area contributed by atoms with Gasteiger partial charge in [-0.2, -0.15) is 0 Å². The minimum absolute atomic E-state index is 0.324. The average Bonchev–Trinajstić information content (AvgIpc) is 2.38. The van der Waals surface area contributed by atoms with Gasteiger partial charge in [0.05, 0.1) is 12.5 Å². The van der Waals surface area contributed by atoms with Gasteiger partial charge in [-0.05, 0) is 12.8 Å². The lowest BCUT2D eigenvalue weighted by Gasteiger charge is -2.15. The van der Waals surface area contributed by atoms with Crippen LogP contribution >= 0.6 is 0 Å². The fraction of sp³-hybridized carbons (Fsp3) is 1.00. The van der Waals surface area contributed by atoms with E-state index in [-0.39, 0.29) is 6.04 Å². The zero-order chi connectivity index (χ0) is 9.57. The van der Waals surface area contributed by atoms with Crippen LogP contribution in [0.1, 0.15) is 12.8 Å². The van der Waals surface area contributed by atoms with E-state index < -0.39 is 20.0 Å². The smallest absolute Gasteiger partial charge is 0.212 e. The molecule has 0 spiro atoms. The summed E-state index contributed by atoms with van der Waals surface area (Å²) in [5, 5.41) is 0. The van der Waals surface area contributed by atoms with Crippen LogP contribution in [-0.2, 0) is 20.0 Å². The van der Waals surface area contributed by atoms with Gasteiger partial charge < -0.3 is 0 Å². The highest BCUT2D eigenvalue weighted by Crippen LogP contribution is 2.30. The maximum Gasteiger partial charge on any atom is 0.224 e. The summed E-state index contributed by atoms with van der Waals surface area (Å²) in [4.78, 5) is 0. The quantitative estimate of drug-likeness (QED) is 0.626. The highest BCUT2D eigenvalue weighted by Gasteiger charge is 2.41. The Balaban J connectivity index is 3.07. The third-order valence-electron chi connectivity index (χ3n) is 1.50. The van der Waals surface area contributed by atoms with Crippen molar-refractivity contribution < 1.29 is 16.8 Å². The molecule has 0 aliphatic heterocycles. The molecule has 0 N–H and O–H groups in total. The maximum atomic E-state index is 11.0. The molecule has 5 nitrogen and oxygen atoms in total. The van der Waals surface area contributed by atoms with Gasteiger partial charge in [-0.15, -0.1) is 0 Å². The zero-order valence-electron chi connectivity index (χ0n) is 6.89. The van der Waals surface area contributed by atoms with E-state index in [1.165, 1.54) is 0 Å². The Labute approximate surface area is 72.5 Å². The molecule has 0 amide bonds. The highest BCUT2D eigenvalue weighted by atomic mass is 32.3. The lowest BCUT2D eigenvalue weighted by Crippen LogP contribution is -2.36. The molecular formula is C5H11NO4S2. The fourth-order valence-electron chi connectivity index (χ4n) is 1.07. The van der Waals surface area contributed by atoms with Crippen LogP contribution in [0.15, 0.2) is 0 Å². The van der Waals surface area contributed by atoms with Crippen molar-refractivity contribution in [3.8, 4) is 0 Å². The van der Waals surface area contributed by atoms with Crippen LogP contribution in [0.25, 0.3) is 0 Å². The van der Waals surface area contributed by atoms with Crippen molar-refractivity contribution in [2.24, 2.45) is 0 Å². The molecule has 1 aliphatic rings. The number of nitrogens with zero attached hydrogens (tertiary/aromatic N) is 1. The largest absolute Gasteiger partial charge is 0.224 e. The molecule has 7 heteroatoms. The second-order valence-corrected chi connectivity index (χ2v) is 6.93. The van der Waals surface area contributed by atoms with Gasteiger partial charge in [0, 0.05) is 6.04 Å². The molecule has 0 bridgehead atoms. The first-order chi connectivity index (χ1) is 5.23. The molecule has 0 aromatic heterocycles. The van der Waals surface area contributed by atoms with Gasteiger partial charge in [0.2, 0.25) is 20.0 Å². The number of hydrogen-bond acceptors (Lipinski definition) is 4. The maximum absolute atomic E-state index is 11.0. The zero-order valence-corrected chi connectivity index (χ0v) is 8.52. The second kappa shape index (κ2) is 2.68. The summed E-state index contributed by atoms with van der Waals surface area (Å²) >= 11 is 0. The third-order valence-corrected chi connectivity index (χ3v) is 5.03. The van der Waals surface area contributed by atoms with Gasteiger partial charge >= 0.3 is 0 Å². The van der Waals surface area contributed by atoms with Crippen molar-refractivity contribution in [1.29, 1.82) is 0 Å². The van der Waals surface area contributed by atoms with Crippen molar-refractivity contribution in [1.82, 2.24) is 3.71 Å². The molecule has 0 unspecified atom stereocenters. The van der Waals surface area contributed by atoms with Gasteiger partial charge in [0.25, 0.3) is 0 Å². The van der Waals surface area contributed by atoms with Gasteiger partial charge in [-0.3, -0.25) is 0 Å². The molecule has 1 saturated carbocycles. The van der Waals surface area contributed by atoms with E-state index in [9.17, 15) is 16.8 Å². The molecule has 0 atom stereocenters. The standard InChI is InChI=1S/C5H11NO4S2/c1-11(7,8)6(5-3-4-5)12(2,9)10/h5H,3-4H2,1-2H3. The highest BCUT2D eigenvalue weighted by molar-refractivity contribution is 8.03. The Hall–Kier alpha value is -0.140. The Bertz CT molecular complexity index is 332. The van der Waals surface area contributed by atoms with E-state index in [4.69, 9.17) is 0 Å². The Morgan fingerprint density at radius 3 is 1.42 bits per heavy atom. The minimum Gasteiger partial charge on any atom is -0.212 e. The summed E-state index contributed by atoms with van der Waals surface area (Å²) in [6.07, 6.45) is 3.10. The predicted molar refractivity (Wildman–Crippen MR) is 44.5 cm³/mol.